The molecule has 1 aromatic carbocycles. The van der Waals surface area contributed by atoms with E-state index >= 15 is 0 Å². The molecule has 1 N–H and O–H groups in total. The van der Waals surface area contributed by atoms with Crippen LogP contribution >= 0.6 is 0 Å². The molecule has 1 aliphatic rings. The second-order valence-corrected chi connectivity index (χ2v) is 6.81. The van der Waals surface area contributed by atoms with Gasteiger partial charge < -0.3 is 9.84 Å². The van der Waals surface area contributed by atoms with Crippen LogP contribution in [0.2, 0.25) is 0 Å². The number of benzene rings is 1. The summed E-state index contributed by atoms with van der Waals surface area (Å²) in [5, 5.41) is 14.7. The molecule has 0 amide bonds. The minimum Gasteiger partial charge on any atom is -0.491 e. The van der Waals surface area contributed by atoms with Crippen LogP contribution in [0.5, 0.6) is 5.75 Å². The van der Waals surface area contributed by atoms with Gasteiger partial charge in [-0.25, -0.2) is 0 Å². The van der Waals surface area contributed by atoms with Crippen molar-refractivity contribution in [1.82, 2.24) is 14.7 Å². The molecule has 0 saturated carbocycles. The van der Waals surface area contributed by atoms with Crippen molar-refractivity contribution in [3.63, 3.8) is 0 Å². The van der Waals surface area contributed by atoms with Crippen LogP contribution in [-0.4, -0.2) is 51.6 Å². The van der Waals surface area contributed by atoms with E-state index in [9.17, 15) is 5.11 Å². The van der Waals surface area contributed by atoms with E-state index in [1.54, 1.807) is 0 Å². The highest BCUT2D eigenvalue weighted by Gasteiger charge is 2.26. The first-order valence-electron chi connectivity index (χ1n) is 8.71. The van der Waals surface area contributed by atoms with Crippen LogP contribution in [0.3, 0.4) is 0 Å². The number of aryl methyl sites for hydroxylation is 2. The number of hydrogen-bond donors (Lipinski definition) is 1. The van der Waals surface area contributed by atoms with Gasteiger partial charge in [0.2, 0.25) is 0 Å². The summed E-state index contributed by atoms with van der Waals surface area (Å²) < 4.78 is 7.70. The molecule has 5 nitrogen and oxygen atoms in total. The van der Waals surface area contributed by atoms with Crippen LogP contribution in [0.4, 0.5) is 0 Å². The van der Waals surface area contributed by atoms with Crippen molar-refractivity contribution < 1.29 is 9.84 Å². The summed E-state index contributed by atoms with van der Waals surface area (Å²) in [6.07, 6.45) is 5.82. The molecule has 24 heavy (non-hydrogen) atoms. The third kappa shape index (κ3) is 4.58. The van der Waals surface area contributed by atoms with E-state index in [1.165, 1.54) is 17.5 Å². The maximum Gasteiger partial charge on any atom is 0.119 e. The van der Waals surface area contributed by atoms with Crippen molar-refractivity contribution in [2.75, 3.05) is 19.7 Å². The molecule has 1 aliphatic heterocycles. The first-order valence-corrected chi connectivity index (χ1v) is 8.71. The predicted molar refractivity (Wildman–Crippen MR) is 94.2 cm³/mol. The Balaban J connectivity index is 1.47. The van der Waals surface area contributed by atoms with Gasteiger partial charge in [-0.2, -0.15) is 5.10 Å². The molecule has 1 aromatic heterocycles. The second-order valence-electron chi connectivity index (χ2n) is 6.81. The van der Waals surface area contributed by atoms with Crippen LogP contribution in [0.25, 0.3) is 0 Å². The van der Waals surface area contributed by atoms with Crippen molar-refractivity contribution in [3.8, 4) is 5.75 Å². The lowest BCUT2D eigenvalue weighted by Gasteiger charge is -2.26. The van der Waals surface area contributed by atoms with Gasteiger partial charge in [0, 0.05) is 18.8 Å². The molecule has 5 heteroatoms. The summed E-state index contributed by atoms with van der Waals surface area (Å²) in [5.74, 6) is 0.810. The standard InChI is InChI=1S/C19H27N3O2/c1-15-5-7-19(8-6-15)24-14-18(23)13-21-9-3-4-17(21)12-22-11-16(2)10-20-22/h5-8,10-11,17-18,23H,3-4,9,12-14H2,1-2H3/t17-,18+/m1/s1. The zero-order valence-corrected chi connectivity index (χ0v) is 14.6. The smallest absolute Gasteiger partial charge is 0.119 e. The van der Waals surface area contributed by atoms with Gasteiger partial charge in [0.05, 0.1) is 12.7 Å². The highest BCUT2D eigenvalue weighted by Crippen LogP contribution is 2.19. The number of aromatic nitrogens is 2. The fraction of sp³-hybridized carbons (Fsp3) is 0.526. The highest BCUT2D eigenvalue weighted by atomic mass is 16.5. The largest absolute Gasteiger partial charge is 0.491 e. The fourth-order valence-electron chi connectivity index (χ4n) is 3.28. The van der Waals surface area contributed by atoms with Crippen molar-refractivity contribution in [2.24, 2.45) is 0 Å². The Kier molecular flexibility index (Phi) is 5.53. The van der Waals surface area contributed by atoms with E-state index in [4.69, 9.17) is 4.74 Å². The van der Waals surface area contributed by atoms with E-state index in [-0.39, 0.29) is 0 Å². The Morgan fingerprint density at radius 1 is 1.25 bits per heavy atom. The monoisotopic (exact) mass is 329 g/mol. The first kappa shape index (κ1) is 17.0. The van der Waals surface area contributed by atoms with Gasteiger partial charge in [-0.15, -0.1) is 0 Å². The minimum atomic E-state index is -0.480. The van der Waals surface area contributed by atoms with Gasteiger partial charge in [-0.05, 0) is 50.9 Å². The molecule has 2 atom stereocenters. The lowest BCUT2D eigenvalue weighted by molar-refractivity contribution is 0.0609. The summed E-state index contributed by atoms with van der Waals surface area (Å²) in [5.41, 5.74) is 2.39. The molecule has 130 valence electrons. The molecule has 0 radical (unpaired) electrons. The van der Waals surface area contributed by atoms with Gasteiger partial charge in [-0.3, -0.25) is 9.58 Å². The molecular weight excluding hydrogens is 302 g/mol. The van der Waals surface area contributed by atoms with E-state index in [1.807, 2.05) is 42.1 Å². The predicted octanol–water partition coefficient (Wildman–Crippen LogP) is 2.40. The molecule has 0 bridgehead atoms. The topological polar surface area (TPSA) is 50.5 Å². The minimum absolute atomic E-state index is 0.327. The van der Waals surface area contributed by atoms with Crippen LogP contribution in [-0.2, 0) is 6.54 Å². The maximum atomic E-state index is 10.3. The van der Waals surface area contributed by atoms with Crippen LogP contribution in [0.15, 0.2) is 36.7 Å². The Bertz CT molecular complexity index is 638. The van der Waals surface area contributed by atoms with Crippen molar-refractivity contribution in [1.29, 1.82) is 0 Å². The number of rotatable bonds is 7. The van der Waals surface area contributed by atoms with Gasteiger partial charge in [0.25, 0.3) is 0 Å². The van der Waals surface area contributed by atoms with Gasteiger partial charge in [0.1, 0.15) is 18.5 Å². The SMILES string of the molecule is Cc1ccc(OC[C@@H](O)CN2CCC[C@@H]2Cn2cc(C)cn2)cc1. The first-order chi connectivity index (χ1) is 11.6. The van der Waals surface area contributed by atoms with E-state index in [2.05, 4.69) is 23.1 Å². The number of aliphatic hydroxyl groups is 1. The average molecular weight is 329 g/mol. The number of aliphatic hydroxyl groups excluding tert-OH is 1. The molecule has 0 unspecified atom stereocenters. The number of ether oxygens (including phenoxy) is 1. The maximum absolute atomic E-state index is 10.3. The van der Waals surface area contributed by atoms with Gasteiger partial charge in [0.15, 0.2) is 0 Å². The van der Waals surface area contributed by atoms with E-state index < -0.39 is 6.10 Å². The Morgan fingerprint density at radius 2 is 2.04 bits per heavy atom. The Hall–Kier alpha value is -1.85. The molecule has 2 heterocycles. The van der Waals surface area contributed by atoms with Crippen molar-refractivity contribution in [3.05, 3.63) is 47.8 Å². The summed E-state index contributed by atoms with van der Waals surface area (Å²) in [4.78, 5) is 2.36. The van der Waals surface area contributed by atoms with Crippen LogP contribution in [0, 0.1) is 13.8 Å². The zero-order chi connectivity index (χ0) is 16.9. The number of nitrogens with zero attached hydrogens (tertiary/aromatic N) is 3. The normalized spacial score (nSPS) is 19.5. The molecule has 0 aliphatic carbocycles. The lowest BCUT2D eigenvalue weighted by Crippen LogP contribution is -2.40. The van der Waals surface area contributed by atoms with Crippen LogP contribution < -0.4 is 4.74 Å². The Morgan fingerprint density at radius 3 is 2.75 bits per heavy atom. The zero-order valence-electron chi connectivity index (χ0n) is 14.6. The van der Waals surface area contributed by atoms with Crippen molar-refractivity contribution >= 4 is 0 Å². The number of β-amino-alcohol motifs (C(OH)–C–C–N with tert-alkyl or cyclic N) is 1. The van der Waals surface area contributed by atoms with E-state index in [0.717, 1.165) is 25.3 Å². The highest BCUT2D eigenvalue weighted by molar-refractivity contribution is 5.26. The summed E-state index contributed by atoms with van der Waals surface area (Å²) in [6.45, 7) is 7.01. The molecule has 0 spiro atoms. The molecule has 1 fully saturated rings. The third-order valence-electron chi connectivity index (χ3n) is 4.57. The van der Waals surface area contributed by atoms with Crippen molar-refractivity contribution in [2.45, 2.75) is 45.4 Å². The quantitative estimate of drug-likeness (QED) is 0.847. The summed E-state index contributed by atoms with van der Waals surface area (Å²) in [6, 6.07) is 8.37. The summed E-state index contributed by atoms with van der Waals surface area (Å²) >= 11 is 0. The molecule has 3 rings (SSSR count). The second kappa shape index (κ2) is 7.81. The van der Waals surface area contributed by atoms with Crippen LogP contribution in [0.1, 0.15) is 24.0 Å². The lowest BCUT2D eigenvalue weighted by atomic mass is 10.2. The Labute approximate surface area is 143 Å². The fourth-order valence-corrected chi connectivity index (χ4v) is 3.28. The number of hydrogen-bond acceptors (Lipinski definition) is 4. The van der Waals surface area contributed by atoms with E-state index in [0.29, 0.717) is 19.2 Å². The molecular formula is C19H27N3O2. The number of likely N-dealkylation sites (tertiary alicyclic amines) is 1. The molecule has 2 aromatic rings. The summed E-state index contributed by atoms with van der Waals surface area (Å²) in [7, 11) is 0. The third-order valence-corrected chi connectivity index (χ3v) is 4.57. The van der Waals surface area contributed by atoms with Gasteiger partial charge >= 0.3 is 0 Å². The van der Waals surface area contributed by atoms with Gasteiger partial charge in [-0.1, -0.05) is 17.7 Å². The average Bonchev–Trinajstić information content (AvgIpc) is 3.16. The molecule has 1 saturated heterocycles.